The average molecular weight is 328 g/mol. The fourth-order valence-electron chi connectivity index (χ4n) is 2.18. The molecule has 0 saturated heterocycles. The van der Waals surface area contributed by atoms with Crippen molar-refractivity contribution in [2.75, 3.05) is 5.32 Å². The van der Waals surface area contributed by atoms with Gasteiger partial charge in [-0.1, -0.05) is 35.9 Å². The Balaban J connectivity index is 1.76. The molecule has 0 unspecified atom stereocenters. The molecule has 0 aliphatic rings. The Morgan fingerprint density at radius 1 is 1.13 bits per heavy atom. The van der Waals surface area contributed by atoms with Crippen LogP contribution >= 0.6 is 11.6 Å². The summed E-state index contributed by atoms with van der Waals surface area (Å²) in [6.45, 7) is 1.85. The van der Waals surface area contributed by atoms with Crippen LogP contribution in [0.3, 0.4) is 0 Å². The fourth-order valence-corrected chi connectivity index (χ4v) is 2.40. The van der Waals surface area contributed by atoms with Crippen molar-refractivity contribution in [3.05, 3.63) is 65.0 Å². The second kappa shape index (κ2) is 6.62. The Morgan fingerprint density at radius 3 is 2.65 bits per heavy atom. The standard InChI is InChI=1S/C17H14ClN3O2/c1-11(22)12-6-3-5-9-15(12)19-10-16-20-21-17(23-16)13-7-2-4-8-14(13)18/h2-9,19H,10H2,1H3. The summed E-state index contributed by atoms with van der Waals surface area (Å²) >= 11 is 6.12. The van der Waals surface area contributed by atoms with E-state index < -0.39 is 0 Å². The summed E-state index contributed by atoms with van der Waals surface area (Å²) in [5.74, 6) is 0.779. The number of carbonyl (C=O) groups is 1. The summed E-state index contributed by atoms with van der Waals surface area (Å²) in [7, 11) is 0. The quantitative estimate of drug-likeness (QED) is 0.711. The molecule has 0 bridgehead atoms. The molecule has 1 heterocycles. The predicted molar refractivity (Wildman–Crippen MR) is 88.5 cm³/mol. The zero-order valence-electron chi connectivity index (χ0n) is 12.4. The molecule has 0 aliphatic carbocycles. The summed E-state index contributed by atoms with van der Waals surface area (Å²) < 4.78 is 5.62. The number of para-hydroxylation sites is 1. The molecular weight excluding hydrogens is 314 g/mol. The minimum atomic E-state index is -0.00427. The van der Waals surface area contributed by atoms with E-state index in [2.05, 4.69) is 15.5 Å². The van der Waals surface area contributed by atoms with Crippen LogP contribution in [0.25, 0.3) is 11.5 Å². The van der Waals surface area contributed by atoms with E-state index in [4.69, 9.17) is 16.0 Å². The minimum absolute atomic E-state index is 0.00427. The van der Waals surface area contributed by atoms with Gasteiger partial charge in [0.05, 0.1) is 17.1 Å². The van der Waals surface area contributed by atoms with Crippen molar-refractivity contribution < 1.29 is 9.21 Å². The monoisotopic (exact) mass is 327 g/mol. The van der Waals surface area contributed by atoms with Gasteiger partial charge in [0.2, 0.25) is 11.8 Å². The Morgan fingerprint density at radius 2 is 1.87 bits per heavy atom. The number of benzene rings is 2. The number of rotatable bonds is 5. The molecule has 3 aromatic rings. The van der Waals surface area contributed by atoms with E-state index in [0.717, 1.165) is 5.69 Å². The van der Waals surface area contributed by atoms with Crippen molar-refractivity contribution in [2.45, 2.75) is 13.5 Å². The molecule has 6 heteroatoms. The molecule has 0 amide bonds. The van der Waals surface area contributed by atoms with Gasteiger partial charge in [-0.05, 0) is 31.2 Å². The smallest absolute Gasteiger partial charge is 0.249 e. The van der Waals surface area contributed by atoms with Gasteiger partial charge in [-0.3, -0.25) is 4.79 Å². The van der Waals surface area contributed by atoms with Crippen LogP contribution in [-0.2, 0) is 6.54 Å². The molecule has 1 aromatic heterocycles. The lowest BCUT2D eigenvalue weighted by Crippen LogP contribution is -2.05. The van der Waals surface area contributed by atoms with Gasteiger partial charge >= 0.3 is 0 Å². The molecule has 0 fully saturated rings. The third-order valence-corrected chi connectivity index (χ3v) is 3.64. The lowest BCUT2D eigenvalue weighted by molar-refractivity contribution is 0.101. The molecule has 116 valence electrons. The minimum Gasteiger partial charge on any atom is -0.419 e. The first-order chi connectivity index (χ1) is 11.1. The molecule has 5 nitrogen and oxygen atoms in total. The molecule has 2 aromatic carbocycles. The van der Waals surface area contributed by atoms with Crippen LogP contribution in [0, 0.1) is 0 Å². The van der Waals surface area contributed by atoms with E-state index in [0.29, 0.717) is 34.5 Å². The van der Waals surface area contributed by atoms with Crippen LogP contribution < -0.4 is 5.32 Å². The highest BCUT2D eigenvalue weighted by Crippen LogP contribution is 2.26. The van der Waals surface area contributed by atoms with E-state index in [-0.39, 0.29) is 5.78 Å². The topological polar surface area (TPSA) is 68.0 Å². The molecule has 23 heavy (non-hydrogen) atoms. The van der Waals surface area contributed by atoms with Crippen LogP contribution in [0.15, 0.2) is 52.9 Å². The van der Waals surface area contributed by atoms with Gasteiger partial charge in [0, 0.05) is 11.3 Å². The van der Waals surface area contributed by atoms with E-state index in [1.807, 2.05) is 36.4 Å². The van der Waals surface area contributed by atoms with Gasteiger partial charge in [-0.2, -0.15) is 0 Å². The lowest BCUT2D eigenvalue weighted by atomic mass is 10.1. The van der Waals surface area contributed by atoms with Crippen molar-refractivity contribution in [1.29, 1.82) is 0 Å². The largest absolute Gasteiger partial charge is 0.419 e. The summed E-state index contributed by atoms with van der Waals surface area (Å²) in [5, 5.41) is 11.7. The van der Waals surface area contributed by atoms with Gasteiger partial charge < -0.3 is 9.73 Å². The number of hydrogen-bond acceptors (Lipinski definition) is 5. The van der Waals surface area contributed by atoms with Crippen molar-refractivity contribution in [3.8, 4) is 11.5 Å². The number of nitrogens with zero attached hydrogens (tertiary/aromatic N) is 2. The van der Waals surface area contributed by atoms with E-state index in [1.54, 1.807) is 12.1 Å². The highest BCUT2D eigenvalue weighted by Gasteiger charge is 2.12. The number of anilines is 1. The van der Waals surface area contributed by atoms with Gasteiger partial charge in [0.1, 0.15) is 0 Å². The van der Waals surface area contributed by atoms with Crippen molar-refractivity contribution in [1.82, 2.24) is 10.2 Å². The normalized spacial score (nSPS) is 10.5. The molecule has 3 rings (SSSR count). The number of nitrogens with one attached hydrogen (secondary N) is 1. The van der Waals surface area contributed by atoms with Crippen LogP contribution in [0.4, 0.5) is 5.69 Å². The summed E-state index contributed by atoms with van der Waals surface area (Å²) in [4.78, 5) is 11.6. The predicted octanol–water partition coefficient (Wildman–Crippen LogP) is 4.20. The molecule has 0 saturated carbocycles. The summed E-state index contributed by atoms with van der Waals surface area (Å²) in [6, 6.07) is 14.6. The van der Waals surface area contributed by atoms with Crippen LogP contribution in [0.1, 0.15) is 23.2 Å². The first-order valence-electron chi connectivity index (χ1n) is 7.06. The summed E-state index contributed by atoms with van der Waals surface area (Å²) in [5.41, 5.74) is 2.05. The maximum Gasteiger partial charge on any atom is 0.249 e. The van der Waals surface area contributed by atoms with Crippen molar-refractivity contribution in [2.24, 2.45) is 0 Å². The molecular formula is C17H14ClN3O2. The van der Waals surface area contributed by atoms with E-state index >= 15 is 0 Å². The third kappa shape index (κ3) is 3.40. The highest BCUT2D eigenvalue weighted by molar-refractivity contribution is 6.33. The Labute approximate surface area is 138 Å². The molecule has 0 aliphatic heterocycles. The van der Waals surface area contributed by atoms with E-state index in [1.165, 1.54) is 6.92 Å². The maximum atomic E-state index is 11.6. The fraction of sp³-hybridized carbons (Fsp3) is 0.118. The Bertz CT molecular complexity index is 845. The molecule has 0 atom stereocenters. The number of Topliss-reactive ketones (excluding diaryl/α,β-unsaturated/α-hetero) is 1. The zero-order valence-corrected chi connectivity index (χ0v) is 13.2. The SMILES string of the molecule is CC(=O)c1ccccc1NCc1nnc(-c2ccccc2Cl)o1. The van der Waals surface area contributed by atoms with Gasteiger partial charge in [0.15, 0.2) is 5.78 Å². The van der Waals surface area contributed by atoms with Gasteiger partial charge in [-0.25, -0.2) is 0 Å². The van der Waals surface area contributed by atoms with Crippen LogP contribution in [0.2, 0.25) is 5.02 Å². The first-order valence-corrected chi connectivity index (χ1v) is 7.44. The first kappa shape index (κ1) is 15.2. The van der Waals surface area contributed by atoms with Crippen LogP contribution in [-0.4, -0.2) is 16.0 Å². The van der Waals surface area contributed by atoms with Crippen molar-refractivity contribution in [3.63, 3.8) is 0 Å². The van der Waals surface area contributed by atoms with Crippen LogP contribution in [0.5, 0.6) is 0 Å². The Hall–Kier alpha value is -2.66. The molecule has 1 N–H and O–H groups in total. The third-order valence-electron chi connectivity index (χ3n) is 3.31. The van der Waals surface area contributed by atoms with Gasteiger partial charge in [-0.15, -0.1) is 10.2 Å². The molecule has 0 radical (unpaired) electrons. The Kier molecular flexibility index (Phi) is 4.39. The lowest BCUT2D eigenvalue weighted by Gasteiger charge is -2.07. The number of ketones is 1. The van der Waals surface area contributed by atoms with Gasteiger partial charge in [0.25, 0.3) is 0 Å². The van der Waals surface area contributed by atoms with E-state index in [9.17, 15) is 4.79 Å². The summed E-state index contributed by atoms with van der Waals surface area (Å²) in [6.07, 6.45) is 0. The molecule has 0 spiro atoms. The zero-order chi connectivity index (χ0) is 16.2. The number of carbonyl (C=O) groups excluding carboxylic acids is 1. The maximum absolute atomic E-state index is 11.6. The second-order valence-electron chi connectivity index (χ2n) is 4.94. The highest BCUT2D eigenvalue weighted by atomic mass is 35.5. The van der Waals surface area contributed by atoms with Crippen molar-refractivity contribution >= 4 is 23.1 Å². The number of hydrogen-bond donors (Lipinski definition) is 1. The second-order valence-corrected chi connectivity index (χ2v) is 5.34. The number of aromatic nitrogens is 2. The average Bonchev–Trinajstić information content (AvgIpc) is 3.02. The number of halogens is 1.